The molecule has 1 saturated heterocycles. The van der Waals surface area contributed by atoms with Crippen molar-refractivity contribution in [3.8, 4) is 0 Å². The molecule has 0 spiro atoms. The summed E-state index contributed by atoms with van der Waals surface area (Å²) in [4.78, 5) is 36.8. The highest BCUT2D eigenvalue weighted by Crippen LogP contribution is 2.41. The second kappa shape index (κ2) is 5.98. The van der Waals surface area contributed by atoms with E-state index < -0.39 is 55.7 Å². The van der Waals surface area contributed by atoms with Crippen LogP contribution in [0.2, 0.25) is 0 Å². The van der Waals surface area contributed by atoms with E-state index in [0.717, 1.165) is 22.9 Å². The number of furan rings is 1. The Labute approximate surface area is 145 Å². The minimum atomic E-state index is -5.02. The lowest BCUT2D eigenvalue weighted by molar-refractivity contribution is -0.147. The maximum absolute atomic E-state index is 12.5. The van der Waals surface area contributed by atoms with Crippen molar-refractivity contribution in [2.24, 2.45) is 5.73 Å². The van der Waals surface area contributed by atoms with E-state index >= 15 is 0 Å². The molecule has 3 atom stereocenters. The molecule has 0 aliphatic carbocycles. The summed E-state index contributed by atoms with van der Waals surface area (Å²) in [6.45, 7) is 0. The first-order chi connectivity index (χ1) is 11.6. The Kier molecular flexibility index (Phi) is 4.23. The van der Waals surface area contributed by atoms with Crippen molar-refractivity contribution < 1.29 is 36.9 Å². The summed E-state index contributed by atoms with van der Waals surface area (Å²) in [5, 5.41) is 6.59. The molecular weight excluding hydrogens is 376 g/mol. The fourth-order valence-corrected chi connectivity index (χ4v) is 5.14. The molecule has 134 valence electrons. The Morgan fingerprint density at radius 1 is 1.44 bits per heavy atom. The molecule has 3 rings (SSSR count). The lowest BCUT2D eigenvalue weighted by Gasteiger charge is -2.48. The van der Waals surface area contributed by atoms with Gasteiger partial charge in [-0.2, -0.15) is 8.42 Å². The predicted octanol–water partition coefficient (Wildman–Crippen LogP) is -0.700. The van der Waals surface area contributed by atoms with Gasteiger partial charge in [0.15, 0.2) is 11.0 Å². The highest BCUT2D eigenvalue weighted by Gasteiger charge is 2.54. The molecule has 25 heavy (non-hydrogen) atoms. The van der Waals surface area contributed by atoms with Crippen LogP contribution in [0.5, 0.6) is 0 Å². The van der Waals surface area contributed by atoms with E-state index in [4.69, 9.17) is 10.2 Å². The van der Waals surface area contributed by atoms with E-state index in [1.54, 1.807) is 0 Å². The van der Waals surface area contributed by atoms with Gasteiger partial charge in [0.05, 0.1) is 6.26 Å². The molecule has 0 radical (unpaired) electrons. The number of carbonyl (C=O) groups excluding carboxylic acids is 2. The van der Waals surface area contributed by atoms with Crippen LogP contribution in [0.25, 0.3) is 0 Å². The number of fused-ring (bicyclic) bond motifs is 1. The summed E-state index contributed by atoms with van der Waals surface area (Å²) >= 11 is 1.01. The first-order valence-corrected chi connectivity index (χ1v) is 9.40. The molecule has 10 nitrogen and oxygen atoms in total. The second-order valence-corrected chi connectivity index (χ2v) is 7.96. The molecule has 3 heterocycles. The number of Topliss-reactive ketones (excluding diaryl/α,β-unsaturated/α-hetero) is 1. The summed E-state index contributed by atoms with van der Waals surface area (Å²) in [6, 6.07) is 1.61. The largest absolute Gasteiger partial charge is 0.477 e. The van der Waals surface area contributed by atoms with E-state index in [1.807, 2.05) is 0 Å². The summed E-state index contributed by atoms with van der Waals surface area (Å²) < 4.78 is 38.0. The molecule has 2 aliphatic rings. The van der Waals surface area contributed by atoms with Crippen LogP contribution in [0.1, 0.15) is 10.6 Å². The van der Waals surface area contributed by atoms with Crippen LogP contribution in [0.3, 0.4) is 0 Å². The van der Waals surface area contributed by atoms with Gasteiger partial charge in [-0.1, -0.05) is 0 Å². The summed E-state index contributed by atoms with van der Waals surface area (Å²) in [5.74, 6) is -4.00. The average Bonchev–Trinajstić information content (AvgIpc) is 3.06. The van der Waals surface area contributed by atoms with Gasteiger partial charge in [-0.15, -0.1) is 11.8 Å². The van der Waals surface area contributed by atoms with E-state index in [9.17, 15) is 32.5 Å². The smallest absolute Gasteiger partial charge is 0.352 e. The number of amides is 1. The number of carboxylic acid groups (broad SMARTS) is 1. The molecule has 12 heteroatoms. The number of rotatable bonds is 5. The van der Waals surface area contributed by atoms with E-state index in [0.29, 0.717) is 0 Å². The van der Waals surface area contributed by atoms with Gasteiger partial charge in [0.1, 0.15) is 17.1 Å². The third kappa shape index (κ3) is 2.76. The summed E-state index contributed by atoms with van der Waals surface area (Å²) in [7, 11) is -5.02. The first-order valence-electron chi connectivity index (χ1n) is 6.85. The number of carboxylic acids is 1. The third-order valence-corrected chi connectivity index (χ3v) is 6.28. The molecule has 0 saturated carbocycles. The van der Waals surface area contributed by atoms with Gasteiger partial charge in [0, 0.05) is 5.75 Å². The fourth-order valence-electron chi connectivity index (χ4n) is 2.76. The third-order valence-electron chi connectivity index (χ3n) is 3.86. The van der Waals surface area contributed by atoms with Crippen LogP contribution in [-0.4, -0.2) is 63.1 Å². The standard InChI is InChI=1S/C13H12N2O8S2/c14-7-11(17)15-8(13(18)19)5(4-24-12(7)15)10(25(20,21)22)9(16)6-2-1-3-23-6/h1-3,7,10,12H,4,14H2,(H,18,19)(H,20,21,22). The normalized spacial score (nSPS) is 24.6. The Balaban J connectivity index is 2.15. The van der Waals surface area contributed by atoms with Gasteiger partial charge >= 0.3 is 5.97 Å². The van der Waals surface area contributed by atoms with Crippen LogP contribution < -0.4 is 5.73 Å². The zero-order valence-electron chi connectivity index (χ0n) is 12.4. The predicted molar refractivity (Wildman–Crippen MR) is 84.1 cm³/mol. The molecule has 1 fully saturated rings. The number of hydrogen-bond acceptors (Lipinski definition) is 8. The zero-order valence-corrected chi connectivity index (χ0v) is 14.0. The van der Waals surface area contributed by atoms with E-state index in [2.05, 4.69) is 0 Å². The van der Waals surface area contributed by atoms with Gasteiger partial charge in [0.2, 0.25) is 11.7 Å². The number of carbonyl (C=O) groups is 3. The zero-order chi connectivity index (χ0) is 18.5. The molecule has 0 bridgehead atoms. The quantitative estimate of drug-likeness (QED) is 0.333. The van der Waals surface area contributed by atoms with Crippen LogP contribution >= 0.6 is 11.8 Å². The SMILES string of the molecule is NC1C(=O)N2C(C(=O)O)=C(C(C(=O)c3ccco3)S(=O)(=O)O)CSC12. The van der Waals surface area contributed by atoms with Gasteiger partial charge in [0.25, 0.3) is 10.1 Å². The van der Waals surface area contributed by atoms with Gasteiger partial charge in [-0.3, -0.25) is 19.0 Å². The number of ketones is 1. The fraction of sp³-hybridized carbons (Fsp3) is 0.308. The number of thioether (sulfide) groups is 1. The van der Waals surface area contributed by atoms with Crippen molar-refractivity contribution in [1.29, 1.82) is 0 Å². The van der Waals surface area contributed by atoms with E-state index in [-0.39, 0.29) is 11.5 Å². The Morgan fingerprint density at radius 2 is 2.12 bits per heavy atom. The molecule has 1 aromatic heterocycles. The number of hydrogen-bond donors (Lipinski definition) is 3. The summed E-state index contributed by atoms with van der Waals surface area (Å²) in [5.41, 5.74) is 4.55. The number of aliphatic carboxylic acids is 1. The van der Waals surface area contributed by atoms with Gasteiger partial charge in [-0.25, -0.2) is 4.79 Å². The van der Waals surface area contributed by atoms with Crippen LogP contribution in [0.4, 0.5) is 0 Å². The van der Waals surface area contributed by atoms with Gasteiger partial charge < -0.3 is 15.3 Å². The molecule has 4 N–H and O–H groups in total. The molecule has 0 aromatic carbocycles. The molecule has 2 aliphatic heterocycles. The van der Waals surface area contributed by atoms with Crippen molar-refractivity contribution in [2.75, 3.05) is 5.75 Å². The minimum absolute atomic E-state index is 0.208. The molecular formula is C13H12N2O8S2. The molecule has 3 unspecified atom stereocenters. The highest BCUT2D eigenvalue weighted by atomic mass is 32.2. The van der Waals surface area contributed by atoms with Crippen LogP contribution in [0.15, 0.2) is 34.1 Å². The molecule has 1 aromatic rings. The minimum Gasteiger partial charge on any atom is -0.477 e. The van der Waals surface area contributed by atoms with Crippen molar-refractivity contribution in [3.05, 3.63) is 35.4 Å². The lowest BCUT2D eigenvalue weighted by Crippen LogP contribution is -2.69. The summed E-state index contributed by atoms with van der Waals surface area (Å²) in [6.07, 6.45) is 1.13. The van der Waals surface area contributed by atoms with E-state index in [1.165, 1.54) is 12.1 Å². The van der Waals surface area contributed by atoms with Crippen molar-refractivity contribution in [3.63, 3.8) is 0 Å². The van der Waals surface area contributed by atoms with Crippen molar-refractivity contribution >= 4 is 39.5 Å². The number of nitrogens with zero attached hydrogens (tertiary/aromatic N) is 1. The monoisotopic (exact) mass is 388 g/mol. The van der Waals surface area contributed by atoms with Crippen molar-refractivity contribution in [1.82, 2.24) is 4.90 Å². The second-order valence-electron chi connectivity index (χ2n) is 5.35. The Morgan fingerprint density at radius 3 is 2.64 bits per heavy atom. The number of nitrogens with two attached hydrogens (primary N) is 1. The van der Waals surface area contributed by atoms with Gasteiger partial charge in [-0.05, 0) is 17.7 Å². The Hall–Kier alpha value is -2.15. The van der Waals surface area contributed by atoms with Crippen LogP contribution in [-0.2, 0) is 19.7 Å². The maximum atomic E-state index is 12.5. The topological polar surface area (TPSA) is 168 Å². The maximum Gasteiger partial charge on any atom is 0.352 e. The lowest BCUT2D eigenvalue weighted by atomic mass is 10.00. The highest BCUT2D eigenvalue weighted by molar-refractivity contribution is 8.00. The van der Waals surface area contributed by atoms with Crippen LogP contribution in [0, 0.1) is 0 Å². The van der Waals surface area contributed by atoms with Crippen molar-refractivity contribution in [2.45, 2.75) is 16.7 Å². The molecule has 1 amide bonds. The average molecular weight is 388 g/mol. The number of β-lactam (4-membered cyclic amide) rings is 1. The Bertz CT molecular complexity index is 889. The first kappa shape index (κ1) is 17.7.